The molecule has 108 valence electrons. The largest absolute Gasteiger partial charge is 0.491 e. The summed E-state index contributed by atoms with van der Waals surface area (Å²) in [7, 11) is 0. The zero-order valence-corrected chi connectivity index (χ0v) is 12.3. The van der Waals surface area contributed by atoms with Gasteiger partial charge in [0.05, 0.1) is 0 Å². The van der Waals surface area contributed by atoms with Gasteiger partial charge in [-0.1, -0.05) is 25.0 Å². The van der Waals surface area contributed by atoms with Gasteiger partial charge in [0.25, 0.3) is 0 Å². The molecule has 0 radical (unpaired) electrons. The molecule has 1 atom stereocenters. The number of aliphatic hydroxyl groups excluding tert-OH is 1. The van der Waals surface area contributed by atoms with E-state index in [1.54, 1.807) is 0 Å². The zero-order valence-electron chi connectivity index (χ0n) is 11.5. The molecule has 2 N–H and O–H groups in total. The van der Waals surface area contributed by atoms with E-state index in [-0.39, 0.29) is 12.4 Å². The molecule has 1 aliphatic carbocycles. The molecule has 0 aromatic heterocycles. The van der Waals surface area contributed by atoms with E-state index in [9.17, 15) is 5.11 Å². The molecule has 0 heterocycles. The molecule has 1 aromatic carbocycles. The van der Waals surface area contributed by atoms with Crippen molar-refractivity contribution in [3.63, 3.8) is 0 Å². The summed E-state index contributed by atoms with van der Waals surface area (Å²) in [5.74, 6) is 0.829. The van der Waals surface area contributed by atoms with E-state index in [1.807, 2.05) is 31.2 Å². The summed E-state index contributed by atoms with van der Waals surface area (Å²) in [6.07, 6.45) is 4.67. The van der Waals surface area contributed by atoms with Crippen LogP contribution in [0.3, 0.4) is 0 Å². The van der Waals surface area contributed by atoms with Crippen LogP contribution in [0.1, 0.15) is 31.2 Å². The third-order valence-corrected chi connectivity index (χ3v) is 3.43. The van der Waals surface area contributed by atoms with Crippen molar-refractivity contribution in [3.8, 4) is 5.75 Å². The quantitative estimate of drug-likeness (QED) is 0.844. The Labute approximate surface area is 121 Å². The fraction of sp³-hybridized carbons (Fsp3) is 0.600. The predicted octanol–water partition coefficient (Wildman–Crippen LogP) is 2.69. The molecular formula is C15H24ClNO2. The summed E-state index contributed by atoms with van der Waals surface area (Å²) < 4.78 is 5.57. The van der Waals surface area contributed by atoms with Crippen LogP contribution in [-0.2, 0) is 0 Å². The third kappa shape index (κ3) is 5.81. The molecule has 1 fully saturated rings. The number of nitrogens with one attached hydrogen (secondary N) is 1. The SMILES string of the molecule is Cc1cccc(OCC(O)CNC2CCCC2)c1.Cl. The summed E-state index contributed by atoms with van der Waals surface area (Å²) in [5, 5.41) is 13.3. The molecule has 0 bridgehead atoms. The van der Waals surface area contributed by atoms with Crippen molar-refractivity contribution in [1.82, 2.24) is 5.32 Å². The highest BCUT2D eigenvalue weighted by Gasteiger charge is 2.15. The summed E-state index contributed by atoms with van der Waals surface area (Å²) >= 11 is 0. The number of ether oxygens (including phenoxy) is 1. The highest BCUT2D eigenvalue weighted by Crippen LogP contribution is 2.17. The van der Waals surface area contributed by atoms with E-state index in [2.05, 4.69) is 5.32 Å². The molecule has 2 rings (SSSR count). The van der Waals surface area contributed by atoms with Gasteiger partial charge in [-0.05, 0) is 37.5 Å². The van der Waals surface area contributed by atoms with Gasteiger partial charge in [0.15, 0.2) is 0 Å². The summed E-state index contributed by atoms with van der Waals surface area (Å²) in [6, 6.07) is 8.50. The molecule has 0 saturated heterocycles. The fourth-order valence-corrected chi connectivity index (χ4v) is 2.39. The lowest BCUT2D eigenvalue weighted by atomic mass is 10.2. The summed E-state index contributed by atoms with van der Waals surface area (Å²) in [5.41, 5.74) is 1.17. The third-order valence-electron chi connectivity index (χ3n) is 3.43. The minimum Gasteiger partial charge on any atom is -0.491 e. The molecule has 0 amide bonds. The standard InChI is InChI=1S/C15H23NO2.ClH/c1-12-5-4-8-15(9-12)18-11-14(17)10-16-13-6-2-3-7-13;/h4-5,8-9,13-14,16-17H,2-3,6-7,10-11H2,1H3;1H. The van der Waals surface area contributed by atoms with Crippen LogP contribution in [0, 0.1) is 6.92 Å². The Morgan fingerprint density at radius 2 is 2.11 bits per heavy atom. The van der Waals surface area contributed by atoms with E-state index in [0.29, 0.717) is 19.2 Å². The average molecular weight is 286 g/mol. The lowest BCUT2D eigenvalue weighted by molar-refractivity contribution is 0.104. The Bertz CT molecular complexity index is 367. The van der Waals surface area contributed by atoms with Gasteiger partial charge in [-0.25, -0.2) is 0 Å². The second-order valence-electron chi connectivity index (χ2n) is 5.17. The first-order chi connectivity index (χ1) is 8.74. The van der Waals surface area contributed by atoms with Crippen molar-refractivity contribution >= 4 is 12.4 Å². The Morgan fingerprint density at radius 1 is 1.37 bits per heavy atom. The van der Waals surface area contributed by atoms with Crippen molar-refractivity contribution in [2.75, 3.05) is 13.2 Å². The molecule has 1 aliphatic rings. The van der Waals surface area contributed by atoms with Crippen LogP contribution < -0.4 is 10.1 Å². The van der Waals surface area contributed by atoms with Crippen LogP contribution in [0.15, 0.2) is 24.3 Å². The zero-order chi connectivity index (χ0) is 12.8. The van der Waals surface area contributed by atoms with Crippen LogP contribution in [-0.4, -0.2) is 30.4 Å². The highest BCUT2D eigenvalue weighted by molar-refractivity contribution is 5.85. The van der Waals surface area contributed by atoms with Gasteiger partial charge in [-0.2, -0.15) is 0 Å². The second-order valence-corrected chi connectivity index (χ2v) is 5.17. The van der Waals surface area contributed by atoms with Crippen molar-refractivity contribution in [2.45, 2.75) is 44.8 Å². The van der Waals surface area contributed by atoms with E-state index < -0.39 is 6.10 Å². The molecule has 1 unspecified atom stereocenters. The number of benzene rings is 1. The average Bonchev–Trinajstić information content (AvgIpc) is 2.87. The first-order valence-electron chi connectivity index (χ1n) is 6.85. The number of aliphatic hydroxyl groups is 1. The lowest BCUT2D eigenvalue weighted by Gasteiger charge is -2.16. The lowest BCUT2D eigenvalue weighted by Crippen LogP contribution is -2.36. The Balaban J connectivity index is 0.00000180. The highest BCUT2D eigenvalue weighted by atomic mass is 35.5. The molecule has 4 heteroatoms. The summed E-state index contributed by atoms with van der Waals surface area (Å²) in [4.78, 5) is 0. The maximum Gasteiger partial charge on any atom is 0.119 e. The molecule has 3 nitrogen and oxygen atoms in total. The molecule has 19 heavy (non-hydrogen) atoms. The maximum atomic E-state index is 9.85. The number of hydrogen-bond acceptors (Lipinski definition) is 3. The smallest absolute Gasteiger partial charge is 0.119 e. The molecule has 1 aromatic rings. The Kier molecular flexibility index (Phi) is 7.21. The number of hydrogen-bond donors (Lipinski definition) is 2. The maximum absolute atomic E-state index is 9.85. The first-order valence-corrected chi connectivity index (χ1v) is 6.85. The number of aryl methyl sites for hydroxylation is 1. The van der Waals surface area contributed by atoms with E-state index in [4.69, 9.17) is 4.74 Å². The number of halogens is 1. The van der Waals surface area contributed by atoms with E-state index in [1.165, 1.54) is 31.2 Å². The Hall–Kier alpha value is -0.770. The van der Waals surface area contributed by atoms with Crippen molar-refractivity contribution in [2.24, 2.45) is 0 Å². The van der Waals surface area contributed by atoms with Crippen LogP contribution in [0.4, 0.5) is 0 Å². The molecular weight excluding hydrogens is 262 g/mol. The molecule has 1 saturated carbocycles. The monoisotopic (exact) mass is 285 g/mol. The second kappa shape index (κ2) is 8.41. The van der Waals surface area contributed by atoms with Crippen molar-refractivity contribution in [1.29, 1.82) is 0 Å². The fourth-order valence-electron chi connectivity index (χ4n) is 2.39. The van der Waals surface area contributed by atoms with Gasteiger partial charge in [0.2, 0.25) is 0 Å². The topological polar surface area (TPSA) is 41.5 Å². The number of rotatable bonds is 6. The van der Waals surface area contributed by atoms with E-state index >= 15 is 0 Å². The molecule has 0 aliphatic heterocycles. The van der Waals surface area contributed by atoms with Gasteiger partial charge < -0.3 is 15.2 Å². The van der Waals surface area contributed by atoms with Crippen molar-refractivity contribution in [3.05, 3.63) is 29.8 Å². The van der Waals surface area contributed by atoms with Crippen LogP contribution >= 0.6 is 12.4 Å². The minimum atomic E-state index is -0.439. The Morgan fingerprint density at radius 3 is 2.79 bits per heavy atom. The van der Waals surface area contributed by atoms with E-state index in [0.717, 1.165) is 5.75 Å². The van der Waals surface area contributed by atoms with Gasteiger partial charge in [0.1, 0.15) is 18.5 Å². The first kappa shape index (κ1) is 16.3. The predicted molar refractivity (Wildman–Crippen MR) is 80.2 cm³/mol. The van der Waals surface area contributed by atoms with Gasteiger partial charge in [-0.3, -0.25) is 0 Å². The van der Waals surface area contributed by atoms with Crippen LogP contribution in [0.5, 0.6) is 5.75 Å². The summed E-state index contributed by atoms with van der Waals surface area (Å²) in [6.45, 7) is 3.00. The van der Waals surface area contributed by atoms with Gasteiger partial charge in [-0.15, -0.1) is 12.4 Å². The van der Waals surface area contributed by atoms with Crippen molar-refractivity contribution < 1.29 is 9.84 Å². The molecule has 0 spiro atoms. The minimum absolute atomic E-state index is 0. The van der Waals surface area contributed by atoms with Gasteiger partial charge >= 0.3 is 0 Å². The van der Waals surface area contributed by atoms with Crippen LogP contribution in [0.25, 0.3) is 0 Å². The van der Waals surface area contributed by atoms with Gasteiger partial charge in [0, 0.05) is 12.6 Å². The normalized spacial score (nSPS) is 16.9. The van der Waals surface area contributed by atoms with Crippen LogP contribution in [0.2, 0.25) is 0 Å².